The summed E-state index contributed by atoms with van der Waals surface area (Å²) in [5.41, 5.74) is 6.72. The quantitative estimate of drug-likeness (QED) is 0.701. The minimum Gasteiger partial charge on any atom is -0.384 e. The molecule has 0 aliphatic heterocycles. The van der Waals surface area contributed by atoms with Crippen molar-refractivity contribution < 1.29 is 0 Å². The lowest BCUT2D eigenvalue weighted by Gasteiger charge is -2.07. The van der Waals surface area contributed by atoms with Gasteiger partial charge in [0.2, 0.25) is 0 Å². The lowest BCUT2D eigenvalue weighted by molar-refractivity contribution is 0.730. The normalized spacial score (nSPS) is 12.9. The maximum absolute atomic E-state index is 5.46. The van der Waals surface area contributed by atoms with Crippen molar-refractivity contribution >= 4 is 5.82 Å². The maximum Gasteiger partial charge on any atom is 0.123 e. The highest BCUT2D eigenvalue weighted by Crippen LogP contribution is 2.17. The van der Waals surface area contributed by atoms with Gasteiger partial charge in [0.05, 0.1) is 0 Å². The van der Waals surface area contributed by atoms with Crippen LogP contribution in [0, 0.1) is 0 Å². The second kappa shape index (κ2) is 3.37. The van der Waals surface area contributed by atoms with E-state index in [4.69, 9.17) is 5.73 Å². The number of rotatable bonds is 2. The topological polar surface area (TPSA) is 38.9 Å². The fourth-order valence-corrected chi connectivity index (χ4v) is 0.944. The molecule has 0 bridgehead atoms. The van der Waals surface area contributed by atoms with Crippen molar-refractivity contribution in [2.45, 2.75) is 26.2 Å². The third-order valence-corrected chi connectivity index (χ3v) is 1.99. The Labute approximate surface area is 67.5 Å². The van der Waals surface area contributed by atoms with Crippen molar-refractivity contribution in [2.24, 2.45) is 0 Å². The highest BCUT2D eigenvalue weighted by Gasteiger charge is 2.01. The van der Waals surface area contributed by atoms with Gasteiger partial charge in [-0.1, -0.05) is 19.9 Å². The Morgan fingerprint density at radius 2 is 2.27 bits per heavy atom. The monoisotopic (exact) mass is 150 g/mol. The Hall–Kier alpha value is -1.05. The van der Waals surface area contributed by atoms with Crippen molar-refractivity contribution in [3.8, 4) is 0 Å². The number of hydrogen-bond acceptors (Lipinski definition) is 2. The average Bonchev–Trinajstić information content (AvgIpc) is 2.05. The smallest absolute Gasteiger partial charge is 0.123 e. The summed E-state index contributed by atoms with van der Waals surface area (Å²) in [5, 5.41) is 0. The van der Waals surface area contributed by atoms with Crippen LogP contribution in [0.5, 0.6) is 0 Å². The zero-order valence-electron chi connectivity index (χ0n) is 7.04. The van der Waals surface area contributed by atoms with Gasteiger partial charge in [-0.3, -0.25) is 0 Å². The molecule has 1 aromatic rings. The predicted octanol–water partition coefficient (Wildman–Crippen LogP) is 2.18. The van der Waals surface area contributed by atoms with Crippen LogP contribution in [0.3, 0.4) is 0 Å². The van der Waals surface area contributed by atoms with Crippen LogP contribution in [-0.4, -0.2) is 4.98 Å². The molecule has 2 N–H and O–H groups in total. The summed E-state index contributed by atoms with van der Waals surface area (Å²) < 4.78 is 0. The summed E-state index contributed by atoms with van der Waals surface area (Å²) in [7, 11) is 0. The number of pyridine rings is 1. The van der Waals surface area contributed by atoms with Gasteiger partial charge in [0.25, 0.3) is 0 Å². The standard InChI is InChI=1S/C9H14N2/c1-3-7(2)8-4-5-9(10)11-6-8/h4-7H,3H2,1-2H3,(H2,10,11)/t7-/m0/s1. The molecular formula is C9H14N2. The summed E-state index contributed by atoms with van der Waals surface area (Å²) in [5.74, 6) is 1.18. The molecule has 1 atom stereocenters. The zero-order chi connectivity index (χ0) is 8.27. The van der Waals surface area contributed by atoms with Gasteiger partial charge in [0, 0.05) is 6.20 Å². The van der Waals surface area contributed by atoms with E-state index in [1.165, 1.54) is 5.56 Å². The van der Waals surface area contributed by atoms with Crippen LogP contribution in [0.4, 0.5) is 5.82 Å². The molecule has 0 aliphatic carbocycles. The number of aromatic nitrogens is 1. The van der Waals surface area contributed by atoms with Crippen molar-refractivity contribution in [1.29, 1.82) is 0 Å². The summed E-state index contributed by atoms with van der Waals surface area (Å²) in [4.78, 5) is 4.03. The molecule has 0 unspecified atom stereocenters. The highest BCUT2D eigenvalue weighted by atomic mass is 14.8. The second-order valence-electron chi connectivity index (χ2n) is 2.83. The Kier molecular flexibility index (Phi) is 2.47. The van der Waals surface area contributed by atoms with Crippen molar-refractivity contribution in [2.75, 3.05) is 5.73 Å². The molecule has 1 heterocycles. The number of nitrogens with two attached hydrogens (primary N) is 1. The second-order valence-corrected chi connectivity index (χ2v) is 2.83. The van der Waals surface area contributed by atoms with Crippen LogP contribution < -0.4 is 5.73 Å². The lowest BCUT2D eigenvalue weighted by Crippen LogP contribution is -1.94. The number of nitrogens with zero attached hydrogens (tertiary/aromatic N) is 1. The summed E-state index contributed by atoms with van der Waals surface area (Å²) >= 11 is 0. The summed E-state index contributed by atoms with van der Waals surface area (Å²) in [6.45, 7) is 4.36. The molecule has 0 amide bonds. The van der Waals surface area contributed by atoms with Gasteiger partial charge in [-0.2, -0.15) is 0 Å². The van der Waals surface area contributed by atoms with Crippen LogP contribution in [0.2, 0.25) is 0 Å². The fraction of sp³-hybridized carbons (Fsp3) is 0.444. The Morgan fingerprint density at radius 3 is 2.73 bits per heavy atom. The molecular weight excluding hydrogens is 136 g/mol. The van der Waals surface area contributed by atoms with Gasteiger partial charge in [0.1, 0.15) is 5.82 Å². The first-order valence-corrected chi connectivity index (χ1v) is 3.95. The van der Waals surface area contributed by atoms with E-state index in [0.717, 1.165) is 6.42 Å². The van der Waals surface area contributed by atoms with Crippen molar-refractivity contribution in [3.05, 3.63) is 23.9 Å². The minimum absolute atomic E-state index is 0.586. The fourth-order valence-electron chi connectivity index (χ4n) is 0.944. The van der Waals surface area contributed by atoms with E-state index in [-0.39, 0.29) is 0 Å². The Balaban J connectivity index is 2.81. The molecule has 0 saturated heterocycles. The summed E-state index contributed by atoms with van der Waals surface area (Å²) in [6, 6.07) is 3.89. The van der Waals surface area contributed by atoms with Crippen molar-refractivity contribution in [3.63, 3.8) is 0 Å². The van der Waals surface area contributed by atoms with E-state index in [0.29, 0.717) is 11.7 Å². The molecule has 0 saturated carbocycles. The largest absolute Gasteiger partial charge is 0.384 e. The van der Waals surface area contributed by atoms with Gasteiger partial charge in [-0.05, 0) is 24.0 Å². The van der Waals surface area contributed by atoms with E-state index < -0.39 is 0 Å². The van der Waals surface area contributed by atoms with Gasteiger partial charge < -0.3 is 5.73 Å². The van der Waals surface area contributed by atoms with Gasteiger partial charge >= 0.3 is 0 Å². The average molecular weight is 150 g/mol. The molecule has 60 valence electrons. The van der Waals surface area contributed by atoms with Crippen molar-refractivity contribution in [1.82, 2.24) is 4.98 Å². The Bertz CT molecular complexity index is 216. The van der Waals surface area contributed by atoms with Crippen LogP contribution in [0.25, 0.3) is 0 Å². The third kappa shape index (κ3) is 1.93. The molecule has 0 spiro atoms. The molecule has 2 nitrogen and oxygen atoms in total. The third-order valence-electron chi connectivity index (χ3n) is 1.99. The Morgan fingerprint density at radius 1 is 1.55 bits per heavy atom. The molecule has 0 fully saturated rings. The first kappa shape index (κ1) is 8.05. The molecule has 1 aromatic heterocycles. The molecule has 2 heteroatoms. The highest BCUT2D eigenvalue weighted by molar-refractivity contribution is 5.30. The maximum atomic E-state index is 5.46. The molecule has 11 heavy (non-hydrogen) atoms. The van der Waals surface area contributed by atoms with E-state index in [1.807, 2.05) is 18.3 Å². The van der Waals surface area contributed by atoms with Crippen LogP contribution in [0.1, 0.15) is 31.7 Å². The lowest BCUT2D eigenvalue weighted by atomic mass is 10.0. The van der Waals surface area contributed by atoms with E-state index >= 15 is 0 Å². The molecule has 1 rings (SSSR count). The number of anilines is 1. The number of nitrogen functional groups attached to an aromatic ring is 1. The number of hydrogen-bond donors (Lipinski definition) is 1. The predicted molar refractivity (Wildman–Crippen MR) is 47.4 cm³/mol. The van der Waals surface area contributed by atoms with Crippen LogP contribution in [-0.2, 0) is 0 Å². The van der Waals surface area contributed by atoms with E-state index in [9.17, 15) is 0 Å². The minimum atomic E-state index is 0.586. The van der Waals surface area contributed by atoms with Gasteiger partial charge in [-0.15, -0.1) is 0 Å². The first-order valence-electron chi connectivity index (χ1n) is 3.95. The summed E-state index contributed by atoms with van der Waals surface area (Å²) in [6.07, 6.45) is 3.00. The van der Waals surface area contributed by atoms with E-state index in [2.05, 4.69) is 18.8 Å². The van der Waals surface area contributed by atoms with Crippen LogP contribution >= 0.6 is 0 Å². The first-order chi connectivity index (χ1) is 5.24. The molecule has 0 aliphatic rings. The molecule has 0 aromatic carbocycles. The SMILES string of the molecule is CC[C@H](C)c1ccc(N)nc1. The zero-order valence-corrected chi connectivity index (χ0v) is 7.04. The van der Waals surface area contributed by atoms with Gasteiger partial charge in [-0.25, -0.2) is 4.98 Å². The van der Waals surface area contributed by atoms with E-state index in [1.54, 1.807) is 0 Å². The molecule has 0 radical (unpaired) electrons. The van der Waals surface area contributed by atoms with Crippen LogP contribution in [0.15, 0.2) is 18.3 Å². The van der Waals surface area contributed by atoms with Gasteiger partial charge in [0.15, 0.2) is 0 Å².